The van der Waals surface area contributed by atoms with Crippen LogP contribution < -0.4 is 14.8 Å². The van der Waals surface area contributed by atoms with Gasteiger partial charge in [-0.2, -0.15) is 0 Å². The highest BCUT2D eigenvalue weighted by molar-refractivity contribution is 14.1. The van der Waals surface area contributed by atoms with Crippen LogP contribution in [0.1, 0.15) is 11.1 Å². The number of benzene rings is 3. The van der Waals surface area contributed by atoms with Crippen molar-refractivity contribution in [1.82, 2.24) is 0 Å². The van der Waals surface area contributed by atoms with Crippen LogP contribution in [0.5, 0.6) is 5.75 Å². The van der Waals surface area contributed by atoms with E-state index in [1.54, 1.807) is 12.1 Å². The third-order valence-electron chi connectivity index (χ3n) is 4.39. The van der Waals surface area contributed by atoms with Crippen molar-refractivity contribution in [3.63, 3.8) is 0 Å². The number of ether oxygens (including phenoxy) is 1. The number of carbonyl (C=O) groups is 1. The molecule has 0 spiro atoms. The number of anilines is 2. The maximum Gasteiger partial charge on any atom is 0.262 e. The number of carbonyl (C=O) groups excluding carboxylic acids is 1. The number of rotatable bonds is 7. The molecule has 0 aliphatic rings. The summed E-state index contributed by atoms with van der Waals surface area (Å²) in [5.41, 5.74) is 3.28. The maximum absolute atomic E-state index is 12.6. The third kappa shape index (κ3) is 5.96. The number of hydrogen-bond donors (Lipinski definition) is 2. The zero-order chi connectivity index (χ0) is 21.7. The van der Waals surface area contributed by atoms with Gasteiger partial charge in [-0.15, -0.1) is 0 Å². The molecular formula is C22H21IN2O4S. The van der Waals surface area contributed by atoms with Crippen LogP contribution >= 0.6 is 22.6 Å². The molecule has 0 aliphatic carbocycles. The van der Waals surface area contributed by atoms with E-state index in [0.717, 1.165) is 14.7 Å². The first-order valence-electron chi connectivity index (χ1n) is 9.11. The van der Waals surface area contributed by atoms with E-state index in [0.29, 0.717) is 17.1 Å². The monoisotopic (exact) mass is 536 g/mol. The number of aryl methyl sites for hydroxylation is 2. The number of nitrogens with one attached hydrogen (secondary N) is 2. The molecule has 3 aromatic carbocycles. The fourth-order valence-electron chi connectivity index (χ4n) is 2.61. The van der Waals surface area contributed by atoms with Crippen molar-refractivity contribution in [2.24, 2.45) is 0 Å². The Morgan fingerprint density at radius 1 is 0.900 bits per heavy atom. The summed E-state index contributed by atoms with van der Waals surface area (Å²) < 4.78 is 34.3. The van der Waals surface area contributed by atoms with Gasteiger partial charge in [0.05, 0.1) is 4.90 Å². The Labute approximate surface area is 189 Å². The lowest BCUT2D eigenvalue weighted by atomic mass is 10.1. The van der Waals surface area contributed by atoms with Gasteiger partial charge in [0.1, 0.15) is 5.75 Å². The Hall–Kier alpha value is -2.59. The Morgan fingerprint density at radius 3 is 2.17 bits per heavy atom. The molecule has 30 heavy (non-hydrogen) atoms. The quantitative estimate of drug-likeness (QED) is 0.428. The van der Waals surface area contributed by atoms with Crippen LogP contribution in [0.2, 0.25) is 0 Å². The molecule has 0 atom stereocenters. The highest BCUT2D eigenvalue weighted by Crippen LogP contribution is 2.21. The molecule has 156 valence electrons. The van der Waals surface area contributed by atoms with Crippen LogP contribution in [0.4, 0.5) is 11.4 Å². The molecule has 0 saturated carbocycles. The fourth-order valence-corrected chi connectivity index (χ4v) is 4.02. The summed E-state index contributed by atoms with van der Waals surface area (Å²) in [7, 11) is -3.72. The van der Waals surface area contributed by atoms with E-state index in [-0.39, 0.29) is 17.4 Å². The summed E-state index contributed by atoms with van der Waals surface area (Å²) in [6, 6.07) is 18.7. The van der Waals surface area contributed by atoms with Gasteiger partial charge in [-0.05, 0) is 108 Å². The van der Waals surface area contributed by atoms with Gasteiger partial charge < -0.3 is 10.1 Å². The first kappa shape index (κ1) is 22.1. The van der Waals surface area contributed by atoms with Crippen molar-refractivity contribution in [2.45, 2.75) is 18.7 Å². The van der Waals surface area contributed by atoms with Crippen LogP contribution in [-0.2, 0) is 14.8 Å². The molecule has 2 N–H and O–H groups in total. The SMILES string of the molecule is Cc1ccc(NS(=O)(=O)c2ccc(OCC(=O)Nc3ccc(I)cc3)cc2)cc1C. The van der Waals surface area contributed by atoms with Crippen LogP contribution in [0.15, 0.2) is 71.6 Å². The van der Waals surface area contributed by atoms with Crippen molar-refractivity contribution in [3.8, 4) is 5.75 Å². The molecule has 0 unspecified atom stereocenters. The largest absolute Gasteiger partial charge is 0.484 e. The molecule has 0 fully saturated rings. The van der Waals surface area contributed by atoms with Gasteiger partial charge in [0.25, 0.3) is 15.9 Å². The summed E-state index contributed by atoms with van der Waals surface area (Å²) in [4.78, 5) is 12.1. The zero-order valence-corrected chi connectivity index (χ0v) is 19.5. The van der Waals surface area contributed by atoms with Crippen LogP contribution in [0.25, 0.3) is 0 Å². The Kier molecular flexibility index (Phi) is 6.99. The minimum absolute atomic E-state index is 0.108. The minimum atomic E-state index is -3.72. The van der Waals surface area contributed by atoms with E-state index in [2.05, 4.69) is 32.6 Å². The van der Waals surface area contributed by atoms with Crippen molar-refractivity contribution >= 4 is 49.9 Å². The summed E-state index contributed by atoms with van der Waals surface area (Å²) in [5.74, 6) is 0.0993. The van der Waals surface area contributed by atoms with Crippen molar-refractivity contribution in [1.29, 1.82) is 0 Å². The predicted octanol–water partition coefficient (Wildman–Crippen LogP) is 4.73. The predicted molar refractivity (Wildman–Crippen MR) is 126 cm³/mol. The summed E-state index contributed by atoms with van der Waals surface area (Å²) >= 11 is 2.19. The number of amides is 1. The Morgan fingerprint density at radius 2 is 1.53 bits per heavy atom. The Bertz CT molecular complexity index is 1140. The molecule has 0 aromatic heterocycles. The third-order valence-corrected chi connectivity index (χ3v) is 6.51. The molecule has 0 bridgehead atoms. The number of sulfonamides is 1. The molecule has 8 heteroatoms. The summed E-state index contributed by atoms with van der Waals surface area (Å²) in [5, 5.41) is 2.74. The second-order valence-corrected chi connectivity index (χ2v) is 9.65. The van der Waals surface area contributed by atoms with Gasteiger partial charge in [-0.3, -0.25) is 9.52 Å². The molecule has 6 nitrogen and oxygen atoms in total. The molecule has 0 aliphatic heterocycles. The number of hydrogen-bond acceptors (Lipinski definition) is 4. The smallest absolute Gasteiger partial charge is 0.262 e. The van der Waals surface area contributed by atoms with Gasteiger partial charge in [0.2, 0.25) is 0 Å². The molecule has 3 aromatic rings. The van der Waals surface area contributed by atoms with Gasteiger partial charge in [-0.1, -0.05) is 6.07 Å². The molecule has 1 amide bonds. The lowest BCUT2D eigenvalue weighted by Crippen LogP contribution is -2.20. The topological polar surface area (TPSA) is 84.5 Å². The molecule has 0 radical (unpaired) electrons. The van der Waals surface area contributed by atoms with E-state index in [4.69, 9.17) is 4.74 Å². The second kappa shape index (κ2) is 9.48. The summed E-state index contributed by atoms with van der Waals surface area (Å²) in [6.45, 7) is 3.71. The first-order chi connectivity index (χ1) is 14.2. The summed E-state index contributed by atoms with van der Waals surface area (Å²) in [6.07, 6.45) is 0. The Balaban J connectivity index is 1.58. The molecule has 0 saturated heterocycles. The highest BCUT2D eigenvalue weighted by atomic mass is 127. The standard InChI is InChI=1S/C22H21IN2O4S/c1-15-3-6-19(13-16(15)2)25-30(27,28)21-11-9-20(10-12-21)29-14-22(26)24-18-7-4-17(23)5-8-18/h3-13,25H,14H2,1-2H3,(H,24,26). The molecule has 3 rings (SSSR count). The molecular weight excluding hydrogens is 515 g/mol. The fraction of sp³-hybridized carbons (Fsp3) is 0.136. The van der Waals surface area contributed by atoms with Crippen molar-refractivity contribution in [3.05, 3.63) is 81.4 Å². The molecule has 0 heterocycles. The average Bonchev–Trinajstić information content (AvgIpc) is 2.71. The van der Waals surface area contributed by atoms with Crippen molar-refractivity contribution < 1.29 is 17.9 Å². The second-order valence-electron chi connectivity index (χ2n) is 6.72. The normalized spacial score (nSPS) is 11.0. The minimum Gasteiger partial charge on any atom is -0.484 e. The van der Waals surface area contributed by atoms with E-state index in [1.807, 2.05) is 44.2 Å². The van der Waals surface area contributed by atoms with Gasteiger partial charge in [-0.25, -0.2) is 8.42 Å². The van der Waals surface area contributed by atoms with Crippen LogP contribution in [0, 0.1) is 17.4 Å². The van der Waals surface area contributed by atoms with Gasteiger partial charge >= 0.3 is 0 Å². The van der Waals surface area contributed by atoms with Gasteiger partial charge in [0, 0.05) is 14.9 Å². The van der Waals surface area contributed by atoms with E-state index >= 15 is 0 Å². The lowest BCUT2D eigenvalue weighted by Gasteiger charge is -2.11. The zero-order valence-electron chi connectivity index (χ0n) is 16.5. The van der Waals surface area contributed by atoms with Gasteiger partial charge in [0.15, 0.2) is 6.61 Å². The van der Waals surface area contributed by atoms with Crippen molar-refractivity contribution in [2.75, 3.05) is 16.6 Å². The highest BCUT2D eigenvalue weighted by Gasteiger charge is 2.15. The maximum atomic E-state index is 12.6. The lowest BCUT2D eigenvalue weighted by molar-refractivity contribution is -0.118. The first-order valence-corrected chi connectivity index (χ1v) is 11.7. The van der Waals surface area contributed by atoms with E-state index in [9.17, 15) is 13.2 Å². The van der Waals surface area contributed by atoms with E-state index < -0.39 is 10.0 Å². The number of halogens is 1. The van der Waals surface area contributed by atoms with Crippen LogP contribution in [-0.4, -0.2) is 20.9 Å². The van der Waals surface area contributed by atoms with E-state index in [1.165, 1.54) is 24.3 Å². The van der Waals surface area contributed by atoms with Crippen LogP contribution in [0.3, 0.4) is 0 Å². The average molecular weight is 536 g/mol.